The van der Waals surface area contributed by atoms with Gasteiger partial charge in [-0.1, -0.05) is 24.4 Å². The molecule has 1 aromatic rings. The zero-order valence-electron chi connectivity index (χ0n) is 11.3. The van der Waals surface area contributed by atoms with E-state index in [0.29, 0.717) is 11.1 Å². The minimum absolute atomic E-state index is 0.0417. The summed E-state index contributed by atoms with van der Waals surface area (Å²) in [7, 11) is 0. The normalized spacial score (nSPS) is 26.2. The van der Waals surface area contributed by atoms with Crippen molar-refractivity contribution in [2.75, 3.05) is 5.32 Å². The first kappa shape index (κ1) is 13.7. The first-order chi connectivity index (χ1) is 9.63. The summed E-state index contributed by atoms with van der Waals surface area (Å²) in [4.78, 5) is 10.3. The molecule has 5 heteroatoms. The lowest BCUT2D eigenvalue weighted by Crippen LogP contribution is -2.28. The van der Waals surface area contributed by atoms with Gasteiger partial charge in [0.25, 0.3) is 5.69 Å². The van der Waals surface area contributed by atoms with Crippen LogP contribution in [-0.4, -0.2) is 11.0 Å². The molecule has 0 aromatic heterocycles. The summed E-state index contributed by atoms with van der Waals surface area (Å²) >= 11 is 6.14. The van der Waals surface area contributed by atoms with E-state index >= 15 is 0 Å². The Morgan fingerprint density at radius 1 is 1.20 bits per heavy atom. The van der Waals surface area contributed by atoms with Crippen molar-refractivity contribution in [3.63, 3.8) is 0 Å². The predicted molar refractivity (Wildman–Crippen MR) is 80.2 cm³/mol. The third kappa shape index (κ3) is 3.06. The van der Waals surface area contributed by atoms with Gasteiger partial charge < -0.3 is 5.32 Å². The van der Waals surface area contributed by atoms with Gasteiger partial charge in [0.2, 0.25) is 0 Å². The Kier molecular flexibility index (Phi) is 3.83. The number of nitro benzene ring substituents is 1. The average molecular weight is 295 g/mol. The second kappa shape index (κ2) is 5.60. The molecule has 0 spiro atoms. The summed E-state index contributed by atoms with van der Waals surface area (Å²) in [5.74, 6) is 1.81. The standard InChI is InChI=1S/C15H19ClN2O2/c16-14-9-13(18(19)20)6-7-15(14)17-12-3-1-2-11(8-12)10-4-5-10/h6-7,9-12,17H,1-5,8H2. The molecule has 2 fully saturated rings. The summed E-state index contributed by atoms with van der Waals surface area (Å²) < 4.78 is 0. The topological polar surface area (TPSA) is 55.2 Å². The number of anilines is 1. The van der Waals surface area contributed by atoms with Crippen molar-refractivity contribution in [2.24, 2.45) is 11.8 Å². The molecular weight excluding hydrogens is 276 g/mol. The maximum absolute atomic E-state index is 10.7. The maximum atomic E-state index is 10.7. The monoisotopic (exact) mass is 294 g/mol. The van der Waals surface area contributed by atoms with Gasteiger partial charge in [-0.05, 0) is 43.6 Å². The first-order valence-corrected chi connectivity index (χ1v) is 7.72. The molecule has 1 N–H and O–H groups in total. The molecule has 108 valence electrons. The number of benzene rings is 1. The number of halogens is 1. The van der Waals surface area contributed by atoms with Gasteiger partial charge in [0, 0.05) is 18.2 Å². The summed E-state index contributed by atoms with van der Waals surface area (Å²) in [6.07, 6.45) is 7.79. The lowest BCUT2D eigenvalue weighted by molar-refractivity contribution is -0.384. The first-order valence-electron chi connectivity index (χ1n) is 7.34. The van der Waals surface area contributed by atoms with Crippen LogP contribution in [0.25, 0.3) is 0 Å². The van der Waals surface area contributed by atoms with Crippen LogP contribution in [0.2, 0.25) is 5.02 Å². The van der Waals surface area contributed by atoms with E-state index in [-0.39, 0.29) is 5.69 Å². The van der Waals surface area contributed by atoms with E-state index in [9.17, 15) is 10.1 Å². The molecule has 2 atom stereocenters. The van der Waals surface area contributed by atoms with Crippen molar-refractivity contribution in [1.29, 1.82) is 0 Å². The Bertz CT molecular complexity index is 517. The highest BCUT2D eigenvalue weighted by Gasteiger charge is 2.34. The van der Waals surface area contributed by atoms with Crippen LogP contribution in [0.15, 0.2) is 18.2 Å². The molecule has 0 radical (unpaired) electrons. The van der Waals surface area contributed by atoms with Crippen molar-refractivity contribution >= 4 is 23.0 Å². The third-order valence-corrected chi connectivity index (χ3v) is 4.84. The fraction of sp³-hybridized carbons (Fsp3) is 0.600. The highest BCUT2D eigenvalue weighted by Crippen LogP contribution is 2.44. The number of nitrogens with zero attached hydrogens (tertiary/aromatic N) is 1. The minimum atomic E-state index is -0.417. The summed E-state index contributed by atoms with van der Waals surface area (Å²) in [5.41, 5.74) is 0.860. The number of rotatable bonds is 4. The maximum Gasteiger partial charge on any atom is 0.271 e. The van der Waals surface area contributed by atoms with E-state index in [4.69, 9.17) is 11.6 Å². The number of hydrogen-bond donors (Lipinski definition) is 1. The van der Waals surface area contributed by atoms with Gasteiger partial charge in [-0.25, -0.2) is 0 Å². The van der Waals surface area contributed by atoms with Crippen LogP contribution in [0.1, 0.15) is 38.5 Å². The van der Waals surface area contributed by atoms with Gasteiger partial charge in [-0.3, -0.25) is 10.1 Å². The number of non-ortho nitro benzene ring substituents is 1. The van der Waals surface area contributed by atoms with E-state index < -0.39 is 4.92 Å². The van der Waals surface area contributed by atoms with Crippen LogP contribution >= 0.6 is 11.6 Å². The smallest absolute Gasteiger partial charge is 0.271 e. The van der Waals surface area contributed by atoms with Crippen LogP contribution in [0.4, 0.5) is 11.4 Å². The number of hydrogen-bond acceptors (Lipinski definition) is 3. The van der Waals surface area contributed by atoms with Crippen LogP contribution < -0.4 is 5.32 Å². The minimum Gasteiger partial charge on any atom is -0.381 e. The zero-order valence-corrected chi connectivity index (χ0v) is 12.1. The number of nitrogens with one attached hydrogen (secondary N) is 1. The molecule has 4 nitrogen and oxygen atoms in total. The lowest BCUT2D eigenvalue weighted by Gasteiger charge is -2.30. The molecule has 0 heterocycles. The quantitative estimate of drug-likeness (QED) is 0.650. The Hall–Kier alpha value is -1.29. The molecule has 3 rings (SSSR count). The summed E-state index contributed by atoms with van der Waals surface area (Å²) in [6, 6.07) is 5.11. The van der Waals surface area contributed by atoms with Crippen molar-refractivity contribution in [2.45, 2.75) is 44.6 Å². The van der Waals surface area contributed by atoms with Crippen LogP contribution in [0.5, 0.6) is 0 Å². The highest BCUT2D eigenvalue weighted by molar-refractivity contribution is 6.33. The van der Waals surface area contributed by atoms with E-state index in [1.54, 1.807) is 6.07 Å². The Balaban J connectivity index is 1.66. The molecule has 2 aliphatic rings. The Morgan fingerprint density at radius 3 is 2.65 bits per heavy atom. The zero-order chi connectivity index (χ0) is 14.1. The Morgan fingerprint density at radius 2 is 2.00 bits per heavy atom. The summed E-state index contributed by atoms with van der Waals surface area (Å²) in [5, 5.41) is 14.6. The molecule has 0 bridgehead atoms. The van der Waals surface area contributed by atoms with Gasteiger partial charge in [0.05, 0.1) is 15.6 Å². The van der Waals surface area contributed by atoms with Crippen LogP contribution in [-0.2, 0) is 0 Å². The highest BCUT2D eigenvalue weighted by atomic mass is 35.5. The van der Waals surface area contributed by atoms with Gasteiger partial charge in [0.1, 0.15) is 0 Å². The van der Waals surface area contributed by atoms with Gasteiger partial charge in [-0.2, -0.15) is 0 Å². The second-order valence-electron chi connectivity index (χ2n) is 6.03. The molecule has 1 aromatic carbocycles. The van der Waals surface area contributed by atoms with E-state index in [2.05, 4.69) is 5.32 Å². The van der Waals surface area contributed by atoms with Crippen molar-refractivity contribution < 1.29 is 4.92 Å². The van der Waals surface area contributed by atoms with Gasteiger partial charge in [0.15, 0.2) is 0 Å². The van der Waals surface area contributed by atoms with Gasteiger partial charge >= 0.3 is 0 Å². The molecular formula is C15H19ClN2O2. The van der Waals surface area contributed by atoms with Crippen LogP contribution in [0.3, 0.4) is 0 Å². The van der Waals surface area contributed by atoms with E-state index in [1.165, 1.54) is 44.2 Å². The molecule has 0 amide bonds. The molecule has 20 heavy (non-hydrogen) atoms. The van der Waals surface area contributed by atoms with E-state index in [0.717, 1.165) is 23.9 Å². The lowest BCUT2D eigenvalue weighted by atomic mass is 9.82. The third-order valence-electron chi connectivity index (χ3n) is 4.53. The molecule has 0 saturated heterocycles. The van der Waals surface area contributed by atoms with Crippen LogP contribution in [0, 0.1) is 22.0 Å². The SMILES string of the molecule is O=[N+]([O-])c1ccc(NC2CCCC(C3CC3)C2)c(Cl)c1. The molecule has 2 saturated carbocycles. The van der Waals surface area contributed by atoms with E-state index in [1.807, 2.05) is 0 Å². The molecule has 2 unspecified atom stereocenters. The Labute approximate surface area is 123 Å². The molecule has 0 aliphatic heterocycles. The summed E-state index contributed by atoms with van der Waals surface area (Å²) in [6.45, 7) is 0. The number of nitro groups is 1. The van der Waals surface area contributed by atoms with Gasteiger partial charge in [-0.15, -0.1) is 0 Å². The van der Waals surface area contributed by atoms with Crippen molar-refractivity contribution in [3.05, 3.63) is 33.3 Å². The fourth-order valence-corrected chi connectivity index (χ4v) is 3.54. The predicted octanol–water partition coefficient (Wildman–Crippen LogP) is 4.63. The second-order valence-corrected chi connectivity index (χ2v) is 6.43. The molecule has 2 aliphatic carbocycles. The largest absolute Gasteiger partial charge is 0.381 e. The average Bonchev–Trinajstić information content (AvgIpc) is 3.25. The van der Waals surface area contributed by atoms with Crippen molar-refractivity contribution in [3.8, 4) is 0 Å². The fourth-order valence-electron chi connectivity index (χ4n) is 3.31. The van der Waals surface area contributed by atoms with Crippen molar-refractivity contribution in [1.82, 2.24) is 0 Å².